The molecule has 138 valence electrons. The zero-order chi connectivity index (χ0) is 19.4. The van der Waals surface area contributed by atoms with Crippen LogP contribution in [0.2, 0.25) is 0 Å². The van der Waals surface area contributed by atoms with Crippen molar-refractivity contribution < 1.29 is 4.79 Å². The molecule has 5 nitrogen and oxygen atoms in total. The van der Waals surface area contributed by atoms with Gasteiger partial charge in [-0.15, -0.1) is 0 Å². The molecule has 0 unspecified atom stereocenters. The number of benzene rings is 3. The van der Waals surface area contributed by atoms with Crippen LogP contribution in [0.5, 0.6) is 0 Å². The van der Waals surface area contributed by atoms with Gasteiger partial charge >= 0.3 is 0 Å². The molecule has 5 aromatic rings. The first-order chi connectivity index (χ1) is 14.3. The van der Waals surface area contributed by atoms with Gasteiger partial charge in [0.1, 0.15) is 5.69 Å². The lowest BCUT2D eigenvalue weighted by Gasteiger charge is -1.99. The molecule has 3 aromatic carbocycles. The third kappa shape index (κ3) is 2.48. The van der Waals surface area contributed by atoms with Gasteiger partial charge in [0.2, 0.25) is 0 Å². The molecule has 0 atom stereocenters. The first kappa shape index (κ1) is 15.9. The second kappa shape index (κ2) is 5.94. The summed E-state index contributed by atoms with van der Waals surface area (Å²) < 4.78 is 0. The summed E-state index contributed by atoms with van der Waals surface area (Å²) in [4.78, 5) is 15.8. The van der Waals surface area contributed by atoms with Crippen molar-refractivity contribution in [2.24, 2.45) is 0 Å². The van der Waals surface area contributed by atoms with Gasteiger partial charge in [-0.05, 0) is 42.0 Å². The third-order valence-corrected chi connectivity index (χ3v) is 5.39. The molecular weight excluding hydrogens is 360 g/mol. The molecule has 0 radical (unpaired) electrons. The number of amides is 1. The summed E-state index contributed by atoms with van der Waals surface area (Å²) in [6.45, 7) is 0. The van der Waals surface area contributed by atoms with Crippen LogP contribution in [0.4, 0.5) is 5.69 Å². The van der Waals surface area contributed by atoms with Crippen molar-refractivity contribution in [1.82, 2.24) is 15.2 Å². The molecule has 3 heterocycles. The van der Waals surface area contributed by atoms with Crippen molar-refractivity contribution >= 4 is 45.0 Å². The highest BCUT2D eigenvalue weighted by atomic mass is 16.2. The Balaban J connectivity index is 1.43. The average molecular weight is 376 g/mol. The number of carbonyl (C=O) groups excluding carboxylic acids is 1. The van der Waals surface area contributed by atoms with Crippen LogP contribution in [0, 0.1) is 0 Å². The summed E-state index contributed by atoms with van der Waals surface area (Å²) in [7, 11) is 0. The number of nitrogens with zero attached hydrogens (tertiary/aromatic N) is 1. The summed E-state index contributed by atoms with van der Waals surface area (Å²) in [5.41, 5.74) is 7.30. The van der Waals surface area contributed by atoms with Gasteiger partial charge < -0.3 is 10.3 Å². The molecule has 0 spiro atoms. The molecule has 2 aromatic heterocycles. The van der Waals surface area contributed by atoms with Crippen LogP contribution in [0.1, 0.15) is 11.1 Å². The molecule has 3 N–H and O–H groups in total. The van der Waals surface area contributed by atoms with Gasteiger partial charge in [0.05, 0.1) is 11.2 Å². The second-order valence-electron chi connectivity index (χ2n) is 7.21. The Hall–Kier alpha value is -4.12. The van der Waals surface area contributed by atoms with Crippen LogP contribution in [0.15, 0.2) is 72.8 Å². The monoisotopic (exact) mass is 376 g/mol. The number of hydrogen-bond donors (Lipinski definition) is 3. The average Bonchev–Trinajstić information content (AvgIpc) is 3.43. The fourth-order valence-corrected chi connectivity index (χ4v) is 3.98. The molecule has 0 saturated carbocycles. The van der Waals surface area contributed by atoms with E-state index in [-0.39, 0.29) is 5.91 Å². The number of rotatable bonds is 2. The lowest BCUT2D eigenvalue weighted by atomic mass is 10.0. The normalized spacial score (nSPS) is 14.6. The number of aromatic amines is 2. The standard InChI is InChI=1S/C24H16N4O/c29-24-18(16-6-2-4-8-20(16)26-24)11-14-9-10-17-21(12-14)27-28-23(17)22-13-15-5-1-3-7-19(15)25-22/h1-13,25H,(H,26,29)(H,27,28). The number of aromatic nitrogens is 3. The third-order valence-electron chi connectivity index (χ3n) is 5.39. The van der Waals surface area contributed by atoms with E-state index in [0.717, 1.165) is 50.0 Å². The topological polar surface area (TPSA) is 73.6 Å². The van der Waals surface area contributed by atoms with Gasteiger partial charge in [-0.25, -0.2) is 0 Å². The summed E-state index contributed by atoms with van der Waals surface area (Å²) >= 11 is 0. The maximum atomic E-state index is 12.4. The van der Waals surface area contributed by atoms with Crippen molar-refractivity contribution in [3.63, 3.8) is 0 Å². The Morgan fingerprint density at radius 2 is 1.72 bits per heavy atom. The summed E-state index contributed by atoms with van der Waals surface area (Å²) in [5, 5.41) is 12.8. The number of carbonyl (C=O) groups is 1. The molecule has 1 aliphatic heterocycles. The smallest absolute Gasteiger partial charge is 0.256 e. The highest BCUT2D eigenvalue weighted by molar-refractivity contribution is 6.35. The van der Waals surface area contributed by atoms with Gasteiger partial charge in [0.15, 0.2) is 0 Å². The highest BCUT2D eigenvalue weighted by Crippen LogP contribution is 2.34. The lowest BCUT2D eigenvalue weighted by molar-refractivity contribution is -0.110. The van der Waals surface area contributed by atoms with Crippen molar-refractivity contribution in [3.05, 3.63) is 83.9 Å². The van der Waals surface area contributed by atoms with Crippen molar-refractivity contribution in [3.8, 4) is 11.4 Å². The zero-order valence-corrected chi connectivity index (χ0v) is 15.4. The molecule has 1 aliphatic rings. The number of fused-ring (bicyclic) bond motifs is 3. The van der Waals surface area contributed by atoms with Crippen molar-refractivity contribution in [2.75, 3.05) is 5.32 Å². The van der Waals surface area contributed by atoms with E-state index in [1.807, 2.05) is 60.7 Å². The molecule has 6 rings (SSSR count). The highest BCUT2D eigenvalue weighted by Gasteiger charge is 2.23. The van der Waals surface area contributed by atoms with Gasteiger partial charge in [-0.1, -0.05) is 42.5 Å². The van der Waals surface area contributed by atoms with Crippen LogP contribution in [0.3, 0.4) is 0 Å². The van der Waals surface area contributed by atoms with Gasteiger partial charge in [0.25, 0.3) is 5.91 Å². The number of anilines is 1. The Morgan fingerprint density at radius 1 is 0.862 bits per heavy atom. The first-order valence-corrected chi connectivity index (χ1v) is 9.45. The van der Waals surface area contributed by atoms with Crippen LogP contribution >= 0.6 is 0 Å². The minimum absolute atomic E-state index is 0.0744. The van der Waals surface area contributed by atoms with Crippen LogP contribution in [-0.2, 0) is 4.79 Å². The zero-order valence-electron chi connectivity index (χ0n) is 15.4. The van der Waals surface area contributed by atoms with E-state index in [9.17, 15) is 4.79 Å². The Kier molecular flexibility index (Phi) is 3.25. The second-order valence-corrected chi connectivity index (χ2v) is 7.21. The van der Waals surface area contributed by atoms with Crippen LogP contribution in [0.25, 0.3) is 44.8 Å². The number of hydrogen-bond acceptors (Lipinski definition) is 2. The number of nitrogens with one attached hydrogen (secondary N) is 3. The number of para-hydroxylation sites is 2. The van der Waals surface area contributed by atoms with E-state index in [4.69, 9.17) is 0 Å². The summed E-state index contributed by atoms with van der Waals surface area (Å²) in [6, 6.07) is 24.1. The molecule has 0 fully saturated rings. The summed E-state index contributed by atoms with van der Waals surface area (Å²) in [6.07, 6.45) is 1.92. The Morgan fingerprint density at radius 3 is 2.66 bits per heavy atom. The molecule has 5 heteroatoms. The van der Waals surface area contributed by atoms with Crippen molar-refractivity contribution in [2.45, 2.75) is 0 Å². The Bertz CT molecular complexity index is 1420. The maximum Gasteiger partial charge on any atom is 0.256 e. The largest absolute Gasteiger partial charge is 0.353 e. The van der Waals surface area contributed by atoms with E-state index < -0.39 is 0 Å². The van der Waals surface area contributed by atoms with E-state index in [1.54, 1.807) is 0 Å². The quantitative estimate of drug-likeness (QED) is 0.370. The molecule has 0 saturated heterocycles. The van der Waals surface area contributed by atoms with Crippen LogP contribution < -0.4 is 5.32 Å². The fourth-order valence-electron chi connectivity index (χ4n) is 3.98. The minimum Gasteiger partial charge on any atom is -0.353 e. The van der Waals surface area contributed by atoms with Crippen LogP contribution in [-0.4, -0.2) is 21.1 Å². The predicted molar refractivity (Wildman–Crippen MR) is 116 cm³/mol. The van der Waals surface area contributed by atoms with E-state index in [0.29, 0.717) is 5.57 Å². The van der Waals surface area contributed by atoms with E-state index in [1.165, 1.54) is 0 Å². The molecular formula is C24H16N4O. The maximum absolute atomic E-state index is 12.4. The predicted octanol–water partition coefficient (Wildman–Crippen LogP) is 5.20. The Labute approximate surface area is 166 Å². The SMILES string of the molecule is O=C1Nc2ccccc2C1=Cc1ccc2c(-c3cc4ccccc4[nH]3)n[nH]c2c1. The van der Waals surface area contributed by atoms with Gasteiger partial charge in [-0.2, -0.15) is 5.10 Å². The van der Waals surface area contributed by atoms with Gasteiger partial charge in [-0.3, -0.25) is 9.89 Å². The number of H-pyrrole nitrogens is 2. The molecule has 29 heavy (non-hydrogen) atoms. The molecule has 0 bridgehead atoms. The summed E-state index contributed by atoms with van der Waals surface area (Å²) in [5.74, 6) is -0.0744. The van der Waals surface area contributed by atoms with Crippen molar-refractivity contribution in [1.29, 1.82) is 0 Å². The van der Waals surface area contributed by atoms with E-state index >= 15 is 0 Å². The first-order valence-electron chi connectivity index (χ1n) is 9.45. The van der Waals surface area contributed by atoms with Gasteiger partial charge in [0, 0.05) is 33.1 Å². The molecule has 1 amide bonds. The lowest BCUT2D eigenvalue weighted by Crippen LogP contribution is -2.03. The fraction of sp³-hybridized carbons (Fsp3) is 0. The minimum atomic E-state index is -0.0744. The van der Waals surface area contributed by atoms with E-state index in [2.05, 4.69) is 38.7 Å². The molecule has 0 aliphatic carbocycles.